The number of ether oxygens (including phenoxy) is 1. The fourth-order valence-corrected chi connectivity index (χ4v) is 4.64. The van der Waals surface area contributed by atoms with E-state index in [1.54, 1.807) is 17.6 Å². The normalized spacial score (nSPS) is 12.1. The number of hydrogen-bond donors (Lipinski definition) is 0. The maximum absolute atomic E-state index is 13.2. The van der Waals surface area contributed by atoms with E-state index in [2.05, 4.69) is 11.6 Å². The van der Waals surface area contributed by atoms with Crippen molar-refractivity contribution in [3.05, 3.63) is 58.2 Å². The Morgan fingerprint density at radius 1 is 1.41 bits per heavy atom. The highest BCUT2D eigenvalue weighted by atomic mass is 32.2. The highest BCUT2D eigenvalue weighted by molar-refractivity contribution is 8.00. The smallest absolute Gasteiger partial charge is 0.318 e. The van der Waals surface area contributed by atoms with Crippen molar-refractivity contribution in [1.82, 2.24) is 9.55 Å². The molecule has 0 saturated carbocycles. The van der Waals surface area contributed by atoms with Crippen molar-refractivity contribution in [1.29, 1.82) is 0 Å². The number of hydrogen-bond acceptors (Lipinski definition) is 6. The van der Waals surface area contributed by atoms with Gasteiger partial charge in [0.05, 0.1) is 12.5 Å². The van der Waals surface area contributed by atoms with Gasteiger partial charge in [-0.15, -0.1) is 17.9 Å². The summed E-state index contributed by atoms with van der Waals surface area (Å²) in [7, 11) is 1.35. The standard InChI is InChI=1S/C20H20N2O3S2/c1-5-10-22-18(23)16-15(14-8-6-12(2)7-9-14)11-26-17(16)21-20(22)27-13(3)19(24)25-4/h5-9,11,13H,1,10H2,2-4H3/t13-/m0/s1. The molecule has 140 valence electrons. The van der Waals surface area contributed by atoms with E-state index in [1.807, 2.05) is 36.6 Å². The number of allylic oxidation sites excluding steroid dienone is 1. The lowest BCUT2D eigenvalue weighted by atomic mass is 10.1. The van der Waals surface area contributed by atoms with E-state index >= 15 is 0 Å². The molecule has 2 heterocycles. The molecule has 7 heteroatoms. The molecule has 0 bridgehead atoms. The van der Waals surface area contributed by atoms with E-state index in [1.165, 1.54) is 30.2 Å². The molecule has 0 fully saturated rings. The van der Waals surface area contributed by atoms with Gasteiger partial charge in [-0.3, -0.25) is 14.2 Å². The summed E-state index contributed by atoms with van der Waals surface area (Å²) in [5.74, 6) is -0.356. The number of fused-ring (bicyclic) bond motifs is 1. The Hall–Kier alpha value is -2.38. The third-order valence-electron chi connectivity index (χ3n) is 4.15. The minimum Gasteiger partial charge on any atom is -0.468 e. The zero-order valence-corrected chi connectivity index (χ0v) is 17.0. The fraction of sp³-hybridized carbons (Fsp3) is 0.250. The van der Waals surface area contributed by atoms with Crippen LogP contribution < -0.4 is 5.56 Å². The number of rotatable bonds is 6. The molecule has 27 heavy (non-hydrogen) atoms. The number of thioether (sulfide) groups is 1. The van der Waals surface area contributed by atoms with Crippen LogP contribution in [0.1, 0.15) is 12.5 Å². The third kappa shape index (κ3) is 3.84. The zero-order chi connectivity index (χ0) is 19.6. The second kappa shape index (κ2) is 8.10. The van der Waals surface area contributed by atoms with E-state index in [0.717, 1.165) is 16.7 Å². The van der Waals surface area contributed by atoms with Gasteiger partial charge in [0.2, 0.25) is 0 Å². The third-order valence-corrected chi connectivity index (χ3v) is 6.09. The van der Waals surface area contributed by atoms with Crippen molar-refractivity contribution in [2.45, 2.75) is 30.8 Å². The van der Waals surface area contributed by atoms with Gasteiger partial charge in [0.15, 0.2) is 5.16 Å². The van der Waals surface area contributed by atoms with Crippen molar-refractivity contribution in [3.8, 4) is 11.1 Å². The van der Waals surface area contributed by atoms with Gasteiger partial charge in [-0.1, -0.05) is 47.7 Å². The van der Waals surface area contributed by atoms with Crippen LogP contribution in [0.5, 0.6) is 0 Å². The fourth-order valence-electron chi connectivity index (χ4n) is 2.70. The van der Waals surface area contributed by atoms with Gasteiger partial charge in [-0.25, -0.2) is 4.98 Å². The molecule has 5 nitrogen and oxygen atoms in total. The molecule has 0 aliphatic carbocycles. The van der Waals surface area contributed by atoms with Crippen LogP contribution in [0.3, 0.4) is 0 Å². The summed E-state index contributed by atoms with van der Waals surface area (Å²) < 4.78 is 6.34. The van der Waals surface area contributed by atoms with Crippen LogP contribution in [0, 0.1) is 6.92 Å². The molecular formula is C20H20N2O3S2. The SMILES string of the molecule is C=CCn1c(S[C@@H](C)C(=O)OC)nc2scc(-c3ccc(C)cc3)c2c1=O. The molecule has 0 aliphatic rings. The maximum atomic E-state index is 13.2. The van der Waals surface area contributed by atoms with Gasteiger partial charge in [-0.05, 0) is 19.4 Å². The number of carbonyl (C=O) groups is 1. The molecule has 1 aromatic carbocycles. The molecule has 0 amide bonds. The molecule has 0 spiro atoms. The van der Waals surface area contributed by atoms with Gasteiger partial charge in [0.25, 0.3) is 5.56 Å². The summed E-state index contributed by atoms with van der Waals surface area (Å²) in [4.78, 5) is 30.3. The van der Waals surface area contributed by atoms with Gasteiger partial charge in [0, 0.05) is 17.5 Å². The molecule has 0 unspecified atom stereocenters. The summed E-state index contributed by atoms with van der Waals surface area (Å²) in [5.41, 5.74) is 2.90. The number of methoxy groups -OCH3 is 1. The zero-order valence-electron chi connectivity index (χ0n) is 15.4. The van der Waals surface area contributed by atoms with Crippen molar-refractivity contribution >= 4 is 39.3 Å². The summed E-state index contributed by atoms with van der Waals surface area (Å²) in [5, 5.41) is 2.58. The summed E-state index contributed by atoms with van der Waals surface area (Å²) in [6, 6.07) is 8.07. The summed E-state index contributed by atoms with van der Waals surface area (Å²) >= 11 is 2.64. The molecule has 0 N–H and O–H groups in total. The average Bonchev–Trinajstić information content (AvgIpc) is 3.08. The lowest BCUT2D eigenvalue weighted by molar-refractivity contribution is -0.139. The highest BCUT2D eigenvalue weighted by Gasteiger charge is 2.21. The van der Waals surface area contributed by atoms with Gasteiger partial charge in [0.1, 0.15) is 10.1 Å². The van der Waals surface area contributed by atoms with Crippen LogP contribution in [0.25, 0.3) is 21.3 Å². The molecule has 2 aromatic heterocycles. The molecule has 1 atom stereocenters. The number of aromatic nitrogens is 2. The van der Waals surface area contributed by atoms with E-state index < -0.39 is 5.25 Å². The van der Waals surface area contributed by atoms with E-state index in [9.17, 15) is 9.59 Å². The Kier molecular flexibility index (Phi) is 5.82. The Morgan fingerprint density at radius 2 is 2.11 bits per heavy atom. The van der Waals surface area contributed by atoms with E-state index in [4.69, 9.17) is 4.74 Å². The number of nitrogens with zero attached hydrogens (tertiary/aromatic N) is 2. The monoisotopic (exact) mass is 400 g/mol. The predicted octanol–water partition coefficient (Wildman–Crippen LogP) is 4.27. The van der Waals surface area contributed by atoms with Crippen LogP contribution in [-0.4, -0.2) is 27.9 Å². The van der Waals surface area contributed by atoms with Crippen LogP contribution in [-0.2, 0) is 16.1 Å². The van der Waals surface area contributed by atoms with Crippen molar-refractivity contribution in [3.63, 3.8) is 0 Å². The Bertz CT molecular complexity index is 1050. The first-order valence-electron chi connectivity index (χ1n) is 8.40. The predicted molar refractivity (Wildman–Crippen MR) is 112 cm³/mol. The summed E-state index contributed by atoms with van der Waals surface area (Å²) in [6.07, 6.45) is 1.65. The first kappa shape index (κ1) is 19.4. The lowest BCUT2D eigenvalue weighted by Crippen LogP contribution is -2.24. The molecule has 0 aliphatic heterocycles. The van der Waals surface area contributed by atoms with Crippen molar-refractivity contribution in [2.24, 2.45) is 0 Å². The van der Waals surface area contributed by atoms with Crippen LogP contribution >= 0.6 is 23.1 Å². The van der Waals surface area contributed by atoms with Crippen molar-refractivity contribution < 1.29 is 9.53 Å². The number of esters is 1. The number of benzene rings is 1. The first-order valence-corrected chi connectivity index (χ1v) is 10.2. The Morgan fingerprint density at radius 3 is 2.74 bits per heavy atom. The van der Waals surface area contributed by atoms with Crippen LogP contribution in [0.4, 0.5) is 0 Å². The molecule has 3 rings (SSSR count). The van der Waals surface area contributed by atoms with Crippen LogP contribution in [0.15, 0.2) is 52.3 Å². The van der Waals surface area contributed by atoms with Gasteiger partial charge in [-0.2, -0.15) is 0 Å². The van der Waals surface area contributed by atoms with Crippen LogP contribution in [0.2, 0.25) is 0 Å². The molecular weight excluding hydrogens is 380 g/mol. The molecule has 0 saturated heterocycles. The van der Waals surface area contributed by atoms with E-state index in [-0.39, 0.29) is 11.5 Å². The maximum Gasteiger partial charge on any atom is 0.318 e. The Balaban J connectivity index is 2.16. The lowest BCUT2D eigenvalue weighted by Gasteiger charge is -2.13. The van der Waals surface area contributed by atoms with Gasteiger partial charge >= 0.3 is 5.97 Å². The second-order valence-corrected chi connectivity index (χ2v) is 8.24. The van der Waals surface area contributed by atoms with Crippen molar-refractivity contribution in [2.75, 3.05) is 7.11 Å². The second-order valence-electron chi connectivity index (χ2n) is 6.08. The molecule has 0 radical (unpaired) electrons. The quantitative estimate of drug-likeness (QED) is 0.268. The summed E-state index contributed by atoms with van der Waals surface area (Å²) in [6.45, 7) is 7.82. The Labute approximate surface area is 165 Å². The van der Waals surface area contributed by atoms with Gasteiger partial charge < -0.3 is 4.74 Å². The molecule has 3 aromatic rings. The number of thiophene rings is 1. The minimum absolute atomic E-state index is 0.128. The number of carbonyl (C=O) groups excluding carboxylic acids is 1. The minimum atomic E-state index is -0.466. The largest absolute Gasteiger partial charge is 0.468 e. The average molecular weight is 401 g/mol. The first-order chi connectivity index (χ1) is 13.0. The number of aryl methyl sites for hydroxylation is 1. The topological polar surface area (TPSA) is 61.2 Å². The van der Waals surface area contributed by atoms with E-state index in [0.29, 0.717) is 21.9 Å². The highest BCUT2D eigenvalue weighted by Crippen LogP contribution is 2.33.